The van der Waals surface area contributed by atoms with E-state index >= 15 is 0 Å². The minimum atomic E-state index is -0.312. The number of anilines is 2. The number of amides is 2. The maximum Gasteiger partial charge on any atom is 0.258 e. The van der Waals surface area contributed by atoms with Gasteiger partial charge in [0, 0.05) is 22.3 Å². The third kappa shape index (κ3) is 6.57. The number of nitrogens with zero attached hydrogens (tertiary/aromatic N) is 4. The Bertz CT molecular complexity index is 1100. The van der Waals surface area contributed by atoms with Gasteiger partial charge in [-0.3, -0.25) is 14.9 Å². The first kappa shape index (κ1) is 23.8. The van der Waals surface area contributed by atoms with E-state index in [4.69, 9.17) is 0 Å². The number of benzene rings is 2. The van der Waals surface area contributed by atoms with E-state index in [1.807, 2.05) is 36.4 Å². The van der Waals surface area contributed by atoms with Crippen molar-refractivity contribution < 1.29 is 9.59 Å². The van der Waals surface area contributed by atoms with Crippen LogP contribution in [0.2, 0.25) is 0 Å². The van der Waals surface area contributed by atoms with Gasteiger partial charge in [0.25, 0.3) is 5.91 Å². The Kier molecular flexibility index (Phi) is 8.68. The van der Waals surface area contributed by atoms with Gasteiger partial charge in [-0.15, -0.1) is 10.2 Å². The van der Waals surface area contributed by atoms with Gasteiger partial charge in [-0.1, -0.05) is 35.6 Å². The molecular formula is C22H23IN6O2S. The monoisotopic (exact) mass is 562 g/mol. The third-order valence-electron chi connectivity index (χ3n) is 4.54. The lowest BCUT2D eigenvalue weighted by atomic mass is 10.2. The van der Waals surface area contributed by atoms with Gasteiger partial charge in [0.15, 0.2) is 0 Å². The molecule has 0 saturated heterocycles. The number of carbonyl (C=O) groups is 2. The summed E-state index contributed by atoms with van der Waals surface area (Å²) in [6, 6.07) is 15.2. The van der Waals surface area contributed by atoms with Gasteiger partial charge >= 0.3 is 0 Å². The Hall–Kier alpha value is -2.86. The number of hydrazone groups is 1. The zero-order valence-electron chi connectivity index (χ0n) is 17.7. The standard InChI is InChI=1S/C22H23IN6O2S/c1-3-29(4-2)16-11-9-15(10-12-16)14-24-26-19(30)13-20-27-28-22(32-20)25-21(31)17-7-5-6-8-18(17)23/h5-12,14H,3-4,13H2,1-2H3,(H,26,30)(H,25,28,31)/b24-14-. The van der Waals surface area contributed by atoms with Crippen LogP contribution in [0.5, 0.6) is 0 Å². The Morgan fingerprint density at radius 3 is 2.50 bits per heavy atom. The maximum atomic E-state index is 12.4. The van der Waals surface area contributed by atoms with Gasteiger partial charge in [-0.2, -0.15) is 5.10 Å². The van der Waals surface area contributed by atoms with Crippen LogP contribution >= 0.6 is 33.9 Å². The number of carbonyl (C=O) groups excluding carboxylic acids is 2. The van der Waals surface area contributed by atoms with Crippen molar-refractivity contribution in [1.82, 2.24) is 15.6 Å². The molecule has 1 heterocycles. The Morgan fingerprint density at radius 1 is 1.09 bits per heavy atom. The number of halogens is 1. The van der Waals surface area contributed by atoms with Crippen LogP contribution in [0, 0.1) is 3.57 Å². The average Bonchev–Trinajstić information content (AvgIpc) is 3.22. The molecule has 3 aromatic rings. The average molecular weight is 562 g/mol. The molecule has 0 fully saturated rings. The summed E-state index contributed by atoms with van der Waals surface area (Å²) in [4.78, 5) is 26.7. The summed E-state index contributed by atoms with van der Waals surface area (Å²) in [5, 5.41) is 15.5. The summed E-state index contributed by atoms with van der Waals surface area (Å²) >= 11 is 3.26. The lowest BCUT2D eigenvalue weighted by Crippen LogP contribution is -2.21. The predicted molar refractivity (Wildman–Crippen MR) is 136 cm³/mol. The quantitative estimate of drug-likeness (QED) is 0.234. The van der Waals surface area contributed by atoms with Gasteiger partial charge in [0.1, 0.15) is 5.01 Å². The minimum Gasteiger partial charge on any atom is -0.372 e. The molecule has 0 aliphatic heterocycles. The Balaban J connectivity index is 1.50. The second-order valence-electron chi connectivity index (χ2n) is 6.67. The lowest BCUT2D eigenvalue weighted by Gasteiger charge is -2.20. The van der Waals surface area contributed by atoms with E-state index in [0.717, 1.165) is 39.2 Å². The van der Waals surface area contributed by atoms with Crippen molar-refractivity contribution in [1.29, 1.82) is 0 Å². The van der Waals surface area contributed by atoms with E-state index < -0.39 is 0 Å². The molecule has 0 spiro atoms. The van der Waals surface area contributed by atoms with Crippen molar-refractivity contribution in [3.63, 3.8) is 0 Å². The number of aromatic nitrogens is 2. The molecule has 166 valence electrons. The van der Waals surface area contributed by atoms with Crippen LogP contribution in [-0.2, 0) is 11.2 Å². The largest absolute Gasteiger partial charge is 0.372 e. The van der Waals surface area contributed by atoms with Crippen molar-refractivity contribution in [2.75, 3.05) is 23.3 Å². The summed E-state index contributed by atoms with van der Waals surface area (Å²) < 4.78 is 0.840. The topological polar surface area (TPSA) is 99.6 Å². The molecule has 0 bridgehead atoms. The van der Waals surface area contributed by atoms with Gasteiger partial charge in [-0.05, 0) is 66.3 Å². The first-order chi connectivity index (χ1) is 15.5. The SMILES string of the molecule is CCN(CC)c1ccc(/C=N\NC(=O)Cc2nnc(NC(=O)c3ccccc3I)s2)cc1. The molecule has 10 heteroatoms. The number of hydrogen-bond acceptors (Lipinski definition) is 7. The summed E-state index contributed by atoms with van der Waals surface area (Å²) in [5.74, 6) is -0.577. The number of rotatable bonds is 9. The molecule has 0 aliphatic rings. The highest BCUT2D eigenvalue weighted by Crippen LogP contribution is 2.19. The van der Waals surface area contributed by atoms with E-state index in [9.17, 15) is 9.59 Å². The van der Waals surface area contributed by atoms with Crippen LogP contribution in [0.4, 0.5) is 10.8 Å². The van der Waals surface area contributed by atoms with Crippen LogP contribution in [0.15, 0.2) is 53.6 Å². The maximum absolute atomic E-state index is 12.4. The highest BCUT2D eigenvalue weighted by molar-refractivity contribution is 14.1. The van der Waals surface area contributed by atoms with E-state index in [1.54, 1.807) is 18.3 Å². The van der Waals surface area contributed by atoms with Crippen LogP contribution in [0.3, 0.4) is 0 Å². The van der Waals surface area contributed by atoms with Crippen molar-refractivity contribution in [3.8, 4) is 0 Å². The smallest absolute Gasteiger partial charge is 0.258 e. The second kappa shape index (κ2) is 11.7. The molecule has 0 unspecified atom stereocenters. The van der Waals surface area contributed by atoms with Gasteiger partial charge in [-0.25, -0.2) is 5.43 Å². The zero-order chi connectivity index (χ0) is 22.9. The molecule has 0 atom stereocenters. The molecule has 3 rings (SSSR count). The first-order valence-electron chi connectivity index (χ1n) is 10.0. The summed E-state index contributed by atoms with van der Waals surface area (Å²) in [6.45, 7) is 6.13. The molecule has 0 radical (unpaired) electrons. The van der Waals surface area contributed by atoms with Gasteiger partial charge in [0.2, 0.25) is 11.0 Å². The highest BCUT2D eigenvalue weighted by atomic mass is 127. The van der Waals surface area contributed by atoms with E-state index in [2.05, 4.69) is 67.4 Å². The lowest BCUT2D eigenvalue weighted by molar-refractivity contribution is -0.120. The van der Waals surface area contributed by atoms with Crippen LogP contribution < -0.4 is 15.6 Å². The van der Waals surface area contributed by atoms with E-state index in [1.165, 1.54) is 0 Å². The fourth-order valence-electron chi connectivity index (χ4n) is 2.90. The normalized spacial score (nSPS) is 10.8. The van der Waals surface area contributed by atoms with E-state index in [-0.39, 0.29) is 18.2 Å². The van der Waals surface area contributed by atoms with Crippen molar-refractivity contribution in [2.24, 2.45) is 5.10 Å². The molecule has 2 aromatic carbocycles. The Morgan fingerprint density at radius 2 is 1.81 bits per heavy atom. The molecule has 1 aromatic heterocycles. The minimum absolute atomic E-state index is 0.0225. The molecule has 8 nitrogen and oxygen atoms in total. The zero-order valence-corrected chi connectivity index (χ0v) is 20.7. The second-order valence-corrected chi connectivity index (χ2v) is 8.89. The van der Waals surface area contributed by atoms with Crippen LogP contribution in [-0.4, -0.2) is 41.3 Å². The summed E-state index contributed by atoms with van der Waals surface area (Å²) in [7, 11) is 0. The third-order valence-corrected chi connectivity index (χ3v) is 6.32. The fourth-order valence-corrected chi connectivity index (χ4v) is 4.27. The predicted octanol–water partition coefficient (Wildman–Crippen LogP) is 3.93. The summed E-state index contributed by atoms with van der Waals surface area (Å²) in [5.41, 5.74) is 5.09. The molecule has 0 saturated carbocycles. The molecule has 2 amide bonds. The number of nitrogens with one attached hydrogen (secondary N) is 2. The van der Waals surface area contributed by atoms with Crippen molar-refractivity contribution >= 4 is 62.8 Å². The van der Waals surface area contributed by atoms with Gasteiger partial charge in [0.05, 0.1) is 18.2 Å². The van der Waals surface area contributed by atoms with Crippen LogP contribution in [0.1, 0.15) is 34.8 Å². The van der Waals surface area contributed by atoms with Gasteiger partial charge < -0.3 is 4.90 Å². The van der Waals surface area contributed by atoms with Crippen molar-refractivity contribution in [2.45, 2.75) is 20.3 Å². The Labute approximate surface area is 204 Å². The molecular weight excluding hydrogens is 539 g/mol. The van der Waals surface area contributed by atoms with Crippen molar-refractivity contribution in [3.05, 3.63) is 68.2 Å². The fraction of sp³-hybridized carbons (Fsp3) is 0.227. The highest BCUT2D eigenvalue weighted by Gasteiger charge is 2.14. The van der Waals surface area contributed by atoms with E-state index in [0.29, 0.717) is 15.7 Å². The molecule has 32 heavy (non-hydrogen) atoms. The first-order valence-corrected chi connectivity index (χ1v) is 11.9. The molecule has 2 N–H and O–H groups in total. The molecule has 0 aliphatic carbocycles. The number of hydrogen-bond donors (Lipinski definition) is 2. The van der Waals surface area contributed by atoms with Crippen LogP contribution in [0.25, 0.3) is 0 Å². The summed E-state index contributed by atoms with van der Waals surface area (Å²) in [6.07, 6.45) is 1.62.